The van der Waals surface area contributed by atoms with E-state index in [9.17, 15) is 8.42 Å². The van der Waals surface area contributed by atoms with E-state index >= 15 is 0 Å². The Labute approximate surface area is 93.3 Å². The van der Waals surface area contributed by atoms with E-state index in [2.05, 4.69) is 0 Å². The van der Waals surface area contributed by atoms with Gasteiger partial charge in [-0.1, -0.05) is 17.7 Å². The van der Waals surface area contributed by atoms with Gasteiger partial charge in [0.2, 0.25) is 9.05 Å². The molecular formula is C9H10Cl2O2S. The molecular weight excluding hydrogens is 243 g/mol. The van der Waals surface area contributed by atoms with Crippen molar-refractivity contribution in [2.24, 2.45) is 0 Å². The van der Waals surface area contributed by atoms with Crippen molar-refractivity contribution in [2.75, 3.05) is 0 Å². The molecule has 78 valence electrons. The maximum absolute atomic E-state index is 10.9. The number of rotatable bonds is 2. The number of hydrogen-bond donors (Lipinski definition) is 0. The second kappa shape index (κ2) is 4.09. The minimum Gasteiger partial charge on any atom is -0.212 e. The maximum atomic E-state index is 10.9. The third kappa shape index (κ3) is 3.15. The maximum Gasteiger partial charge on any atom is 0.236 e. The van der Waals surface area contributed by atoms with Gasteiger partial charge in [-0.2, -0.15) is 0 Å². The molecule has 0 unspecified atom stereocenters. The fraction of sp³-hybridized carbons (Fsp3) is 0.333. The van der Waals surface area contributed by atoms with Crippen LogP contribution in [0.1, 0.15) is 16.7 Å². The average molecular weight is 253 g/mol. The van der Waals surface area contributed by atoms with E-state index < -0.39 is 9.05 Å². The van der Waals surface area contributed by atoms with Crippen molar-refractivity contribution in [3.05, 3.63) is 33.8 Å². The summed E-state index contributed by atoms with van der Waals surface area (Å²) < 4.78 is 21.8. The molecule has 0 fully saturated rings. The summed E-state index contributed by atoms with van der Waals surface area (Å²) in [6.45, 7) is 3.63. The highest BCUT2D eigenvalue weighted by Gasteiger charge is 2.11. The van der Waals surface area contributed by atoms with Crippen molar-refractivity contribution in [2.45, 2.75) is 19.6 Å². The predicted octanol–water partition coefficient (Wildman–Crippen LogP) is 3.03. The first-order chi connectivity index (χ1) is 6.29. The third-order valence-electron chi connectivity index (χ3n) is 1.92. The summed E-state index contributed by atoms with van der Waals surface area (Å²) in [5.41, 5.74) is 2.35. The van der Waals surface area contributed by atoms with Crippen LogP contribution in [-0.4, -0.2) is 8.42 Å². The van der Waals surface area contributed by atoms with Crippen LogP contribution in [0.25, 0.3) is 0 Å². The molecule has 14 heavy (non-hydrogen) atoms. The van der Waals surface area contributed by atoms with Gasteiger partial charge in [0, 0.05) is 15.7 Å². The van der Waals surface area contributed by atoms with Gasteiger partial charge >= 0.3 is 0 Å². The van der Waals surface area contributed by atoms with E-state index in [1.54, 1.807) is 19.1 Å². The smallest absolute Gasteiger partial charge is 0.212 e. The van der Waals surface area contributed by atoms with Gasteiger partial charge in [0.15, 0.2) is 0 Å². The van der Waals surface area contributed by atoms with Crippen LogP contribution in [0.2, 0.25) is 5.02 Å². The van der Waals surface area contributed by atoms with Gasteiger partial charge in [-0.3, -0.25) is 0 Å². The predicted molar refractivity (Wildman–Crippen MR) is 59.4 cm³/mol. The van der Waals surface area contributed by atoms with Crippen LogP contribution >= 0.6 is 22.3 Å². The van der Waals surface area contributed by atoms with Crippen molar-refractivity contribution < 1.29 is 8.42 Å². The molecule has 1 aromatic rings. The van der Waals surface area contributed by atoms with Crippen LogP contribution < -0.4 is 0 Å². The minimum absolute atomic E-state index is 0.179. The van der Waals surface area contributed by atoms with Crippen LogP contribution in [-0.2, 0) is 14.8 Å². The molecule has 0 N–H and O–H groups in total. The monoisotopic (exact) mass is 252 g/mol. The highest BCUT2D eigenvalue weighted by atomic mass is 35.7. The minimum atomic E-state index is -3.52. The normalized spacial score (nSPS) is 11.7. The summed E-state index contributed by atoms with van der Waals surface area (Å²) in [4.78, 5) is 0. The van der Waals surface area contributed by atoms with Crippen LogP contribution in [0.3, 0.4) is 0 Å². The standard InChI is InChI=1S/C9H10Cl2O2S/c1-6-3-8(5-14(11,12)13)7(2)9(10)4-6/h3-4H,5H2,1-2H3. The van der Waals surface area contributed by atoms with E-state index in [0.29, 0.717) is 10.6 Å². The molecule has 0 aliphatic heterocycles. The van der Waals surface area contributed by atoms with Crippen molar-refractivity contribution >= 4 is 31.3 Å². The second-order valence-electron chi connectivity index (χ2n) is 3.21. The molecule has 0 aliphatic rings. The topological polar surface area (TPSA) is 34.1 Å². The van der Waals surface area contributed by atoms with Gasteiger partial charge in [-0.05, 0) is 36.6 Å². The lowest BCUT2D eigenvalue weighted by atomic mass is 10.1. The Balaban J connectivity index is 3.22. The number of halogens is 2. The fourth-order valence-corrected chi connectivity index (χ4v) is 2.54. The lowest BCUT2D eigenvalue weighted by molar-refractivity contribution is 0.609. The van der Waals surface area contributed by atoms with E-state index in [1.807, 2.05) is 6.92 Å². The van der Waals surface area contributed by atoms with Gasteiger partial charge in [0.1, 0.15) is 0 Å². The highest BCUT2D eigenvalue weighted by molar-refractivity contribution is 8.13. The molecule has 0 radical (unpaired) electrons. The van der Waals surface area contributed by atoms with Gasteiger partial charge < -0.3 is 0 Å². The largest absolute Gasteiger partial charge is 0.236 e. The van der Waals surface area contributed by atoms with Gasteiger partial charge in [0.25, 0.3) is 0 Å². The first-order valence-electron chi connectivity index (χ1n) is 3.97. The first-order valence-corrected chi connectivity index (χ1v) is 6.83. The Hall–Kier alpha value is -0.250. The quantitative estimate of drug-likeness (QED) is 0.759. The molecule has 0 amide bonds. The summed E-state index contributed by atoms with van der Waals surface area (Å²) >= 11 is 5.91. The van der Waals surface area contributed by atoms with E-state index in [-0.39, 0.29) is 5.75 Å². The van der Waals surface area contributed by atoms with E-state index in [1.165, 1.54) is 0 Å². The van der Waals surface area contributed by atoms with Crippen LogP contribution in [0.5, 0.6) is 0 Å². The molecule has 0 atom stereocenters. The van der Waals surface area contributed by atoms with Crippen molar-refractivity contribution in [1.29, 1.82) is 0 Å². The molecule has 1 rings (SSSR count). The molecule has 5 heteroatoms. The molecule has 0 aliphatic carbocycles. The van der Waals surface area contributed by atoms with Gasteiger partial charge in [0.05, 0.1) is 5.75 Å². The van der Waals surface area contributed by atoms with Crippen LogP contribution in [0.4, 0.5) is 0 Å². The molecule has 1 aromatic carbocycles. The Kier molecular flexibility index (Phi) is 3.45. The molecule has 2 nitrogen and oxygen atoms in total. The van der Waals surface area contributed by atoms with Crippen molar-refractivity contribution in [3.63, 3.8) is 0 Å². The second-order valence-corrected chi connectivity index (χ2v) is 6.40. The molecule has 0 bridgehead atoms. The number of hydrogen-bond acceptors (Lipinski definition) is 2. The third-order valence-corrected chi connectivity index (χ3v) is 3.30. The van der Waals surface area contributed by atoms with E-state index in [4.69, 9.17) is 22.3 Å². The number of aryl methyl sites for hydroxylation is 1. The summed E-state index contributed by atoms with van der Waals surface area (Å²) in [7, 11) is 1.65. The average Bonchev–Trinajstić information content (AvgIpc) is 1.96. The Morgan fingerprint density at radius 2 is 1.86 bits per heavy atom. The van der Waals surface area contributed by atoms with E-state index in [0.717, 1.165) is 11.1 Å². The molecule has 0 saturated heterocycles. The lowest BCUT2D eigenvalue weighted by Gasteiger charge is -2.07. The Morgan fingerprint density at radius 1 is 1.29 bits per heavy atom. The molecule has 0 aromatic heterocycles. The SMILES string of the molecule is Cc1cc(Cl)c(C)c(CS(=O)(=O)Cl)c1. The fourth-order valence-electron chi connectivity index (χ4n) is 1.22. The van der Waals surface area contributed by atoms with Crippen molar-refractivity contribution in [3.8, 4) is 0 Å². The Bertz CT molecular complexity index is 452. The molecule has 0 saturated carbocycles. The van der Waals surface area contributed by atoms with Gasteiger partial charge in [-0.25, -0.2) is 8.42 Å². The molecule has 0 spiro atoms. The Morgan fingerprint density at radius 3 is 2.36 bits per heavy atom. The summed E-state index contributed by atoms with van der Waals surface area (Å²) in [5.74, 6) is -0.179. The van der Waals surface area contributed by atoms with Crippen LogP contribution in [0.15, 0.2) is 12.1 Å². The highest BCUT2D eigenvalue weighted by Crippen LogP contribution is 2.23. The number of benzene rings is 1. The zero-order valence-corrected chi connectivity index (χ0v) is 10.2. The van der Waals surface area contributed by atoms with Crippen LogP contribution in [0, 0.1) is 13.8 Å². The zero-order valence-electron chi connectivity index (χ0n) is 7.84. The molecule has 0 heterocycles. The zero-order chi connectivity index (χ0) is 10.9. The lowest BCUT2D eigenvalue weighted by Crippen LogP contribution is -1.98. The first kappa shape index (κ1) is 11.8. The van der Waals surface area contributed by atoms with Gasteiger partial charge in [-0.15, -0.1) is 0 Å². The summed E-state index contributed by atoms with van der Waals surface area (Å²) in [5, 5.41) is 0.570. The van der Waals surface area contributed by atoms with Crippen molar-refractivity contribution in [1.82, 2.24) is 0 Å². The summed E-state index contributed by atoms with van der Waals surface area (Å²) in [6.07, 6.45) is 0. The summed E-state index contributed by atoms with van der Waals surface area (Å²) in [6, 6.07) is 3.57.